The van der Waals surface area contributed by atoms with E-state index in [9.17, 15) is 14.7 Å². The summed E-state index contributed by atoms with van der Waals surface area (Å²) in [5.74, 6) is 2.61. The summed E-state index contributed by atoms with van der Waals surface area (Å²) in [4.78, 5) is 24.9. The molecule has 0 saturated heterocycles. The lowest BCUT2D eigenvalue weighted by Gasteiger charge is -2.60. The number of phenolic OH excluding ortho intramolecular Hbond substituents is 1. The molecule has 0 aliphatic heterocycles. The highest BCUT2D eigenvalue weighted by molar-refractivity contribution is 5.92. The summed E-state index contributed by atoms with van der Waals surface area (Å²) in [5, 5.41) is 10.0. The zero-order chi connectivity index (χ0) is 21.1. The fourth-order valence-corrected chi connectivity index (χ4v) is 8.03. The SMILES string of the molecule is C[C@]12CCC(=O)C[C@@H]1CC[C@@H]1[C@@H]2CC[C@]2(C)[C@@H](OC(=O)c3ccccc3O)CC[C@@H]12. The number of fused-ring (bicyclic) bond motifs is 5. The van der Waals surface area contributed by atoms with Gasteiger partial charge in [-0.2, -0.15) is 0 Å². The molecule has 30 heavy (non-hydrogen) atoms. The molecular formula is C26H34O4. The largest absolute Gasteiger partial charge is 0.507 e. The fraction of sp³-hybridized carbons (Fsp3) is 0.692. The van der Waals surface area contributed by atoms with Gasteiger partial charge in [0.25, 0.3) is 0 Å². The van der Waals surface area contributed by atoms with Crippen LogP contribution in [0.4, 0.5) is 0 Å². The highest BCUT2D eigenvalue weighted by Gasteiger charge is 2.61. The molecule has 4 aliphatic carbocycles. The number of hydrogen-bond acceptors (Lipinski definition) is 4. The number of aromatic hydroxyl groups is 1. The summed E-state index contributed by atoms with van der Waals surface area (Å²) in [6, 6.07) is 6.65. The van der Waals surface area contributed by atoms with E-state index in [1.807, 2.05) is 0 Å². The third kappa shape index (κ3) is 2.93. The van der Waals surface area contributed by atoms with Gasteiger partial charge in [-0.3, -0.25) is 4.79 Å². The Morgan fingerprint density at radius 1 is 1.00 bits per heavy atom. The smallest absolute Gasteiger partial charge is 0.342 e. The number of ketones is 1. The molecule has 1 N–H and O–H groups in total. The average molecular weight is 411 g/mol. The Balaban J connectivity index is 1.35. The molecular weight excluding hydrogens is 376 g/mol. The molecule has 4 fully saturated rings. The third-order valence-corrected chi connectivity index (χ3v) is 9.77. The first kappa shape index (κ1) is 20.1. The minimum absolute atomic E-state index is 0.0102. The van der Waals surface area contributed by atoms with Crippen LogP contribution in [0.3, 0.4) is 0 Å². The van der Waals surface area contributed by atoms with E-state index in [4.69, 9.17) is 4.74 Å². The summed E-state index contributed by atoms with van der Waals surface area (Å²) in [6.07, 6.45) is 9.26. The Morgan fingerprint density at radius 2 is 1.77 bits per heavy atom. The fourth-order valence-electron chi connectivity index (χ4n) is 8.03. The molecule has 1 aromatic rings. The van der Waals surface area contributed by atoms with E-state index in [1.165, 1.54) is 25.3 Å². The first-order valence-electron chi connectivity index (χ1n) is 11.8. The summed E-state index contributed by atoms with van der Waals surface area (Å²) in [7, 11) is 0. The van der Waals surface area contributed by atoms with Crippen LogP contribution >= 0.6 is 0 Å². The quantitative estimate of drug-likeness (QED) is 0.651. The highest BCUT2D eigenvalue weighted by atomic mass is 16.5. The van der Waals surface area contributed by atoms with Crippen molar-refractivity contribution >= 4 is 11.8 Å². The lowest BCUT2D eigenvalue weighted by Crippen LogP contribution is -2.54. The molecule has 7 atom stereocenters. The normalized spacial score (nSPS) is 42.7. The van der Waals surface area contributed by atoms with Gasteiger partial charge >= 0.3 is 5.97 Å². The zero-order valence-electron chi connectivity index (χ0n) is 18.2. The van der Waals surface area contributed by atoms with Gasteiger partial charge in [0.2, 0.25) is 0 Å². The summed E-state index contributed by atoms with van der Waals surface area (Å²) in [6.45, 7) is 4.80. The number of benzene rings is 1. The van der Waals surface area contributed by atoms with E-state index in [1.54, 1.807) is 18.2 Å². The van der Waals surface area contributed by atoms with Crippen molar-refractivity contribution in [2.24, 2.45) is 34.5 Å². The van der Waals surface area contributed by atoms with Crippen molar-refractivity contribution in [1.29, 1.82) is 0 Å². The molecule has 5 rings (SSSR count). The number of carbonyl (C=O) groups is 2. The predicted molar refractivity (Wildman–Crippen MR) is 114 cm³/mol. The maximum Gasteiger partial charge on any atom is 0.342 e. The first-order chi connectivity index (χ1) is 14.3. The van der Waals surface area contributed by atoms with Gasteiger partial charge in [0.05, 0.1) is 0 Å². The molecule has 0 aromatic heterocycles. The second-order valence-electron chi connectivity index (χ2n) is 10.9. The van der Waals surface area contributed by atoms with Crippen LogP contribution in [0.2, 0.25) is 0 Å². The monoisotopic (exact) mass is 410 g/mol. The van der Waals surface area contributed by atoms with Gasteiger partial charge in [0, 0.05) is 18.3 Å². The molecule has 0 heterocycles. The van der Waals surface area contributed by atoms with E-state index in [0.717, 1.165) is 38.5 Å². The molecule has 4 saturated carbocycles. The minimum Gasteiger partial charge on any atom is -0.507 e. The summed E-state index contributed by atoms with van der Waals surface area (Å²) in [5.41, 5.74) is 0.593. The maximum absolute atomic E-state index is 12.8. The highest BCUT2D eigenvalue weighted by Crippen LogP contribution is 2.66. The van der Waals surface area contributed by atoms with E-state index in [-0.39, 0.29) is 22.8 Å². The minimum atomic E-state index is -0.399. The van der Waals surface area contributed by atoms with Crippen LogP contribution in [0.5, 0.6) is 5.75 Å². The number of hydrogen-bond donors (Lipinski definition) is 1. The molecule has 4 heteroatoms. The number of Topliss-reactive ketones (excluding diaryl/α,β-unsaturated/α-hetero) is 1. The van der Waals surface area contributed by atoms with Gasteiger partial charge in [-0.15, -0.1) is 0 Å². The van der Waals surface area contributed by atoms with Crippen LogP contribution in [-0.2, 0) is 9.53 Å². The van der Waals surface area contributed by atoms with E-state index >= 15 is 0 Å². The van der Waals surface area contributed by atoms with Gasteiger partial charge < -0.3 is 9.84 Å². The van der Waals surface area contributed by atoms with Crippen molar-refractivity contribution in [2.75, 3.05) is 0 Å². The maximum atomic E-state index is 12.8. The Bertz CT molecular complexity index is 862. The molecule has 0 spiro atoms. The van der Waals surface area contributed by atoms with E-state index in [2.05, 4.69) is 13.8 Å². The lowest BCUT2D eigenvalue weighted by atomic mass is 9.45. The number of esters is 1. The van der Waals surface area contributed by atoms with Gasteiger partial charge in [0.1, 0.15) is 23.2 Å². The number of rotatable bonds is 2. The first-order valence-corrected chi connectivity index (χ1v) is 11.8. The van der Waals surface area contributed by atoms with Crippen LogP contribution in [-0.4, -0.2) is 23.0 Å². The van der Waals surface area contributed by atoms with Crippen LogP contribution in [0.25, 0.3) is 0 Å². The Kier molecular flexibility index (Phi) is 4.75. The third-order valence-electron chi connectivity index (χ3n) is 9.77. The van der Waals surface area contributed by atoms with Crippen LogP contribution < -0.4 is 0 Å². The van der Waals surface area contributed by atoms with Gasteiger partial charge in [-0.05, 0) is 86.2 Å². The Hall–Kier alpha value is -1.84. The van der Waals surface area contributed by atoms with Crippen molar-refractivity contribution in [1.82, 2.24) is 0 Å². The van der Waals surface area contributed by atoms with Crippen LogP contribution in [0.1, 0.15) is 82.0 Å². The predicted octanol–water partition coefficient (Wildman–Crippen LogP) is 5.53. The molecule has 4 aliphatic rings. The topological polar surface area (TPSA) is 63.6 Å². The Morgan fingerprint density at radius 3 is 2.57 bits per heavy atom. The lowest BCUT2D eigenvalue weighted by molar-refractivity contribution is -0.142. The summed E-state index contributed by atoms with van der Waals surface area (Å²) < 4.78 is 6.03. The van der Waals surface area contributed by atoms with E-state index in [0.29, 0.717) is 34.9 Å². The van der Waals surface area contributed by atoms with Gasteiger partial charge in [0.15, 0.2) is 0 Å². The average Bonchev–Trinajstić information content (AvgIpc) is 3.05. The van der Waals surface area contributed by atoms with Crippen molar-refractivity contribution in [3.05, 3.63) is 29.8 Å². The standard InChI is InChI=1S/C26H34O4/c1-25-13-11-17(27)15-16(25)7-8-18-20-9-10-23(26(20,2)14-12-21(18)25)30-24(29)19-5-3-4-6-22(19)28/h3-6,16,18,20-21,23,28H,7-15H2,1-2H3/t16-,18-,20-,21-,23-,25-,26-/m0/s1. The number of para-hydroxylation sites is 1. The second kappa shape index (κ2) is 7.10. The Labute approximate surface area is 179 Å². The molecule has 0 amide bonds. The second-order valence-corrected chi connectivity index (χ2v) is 10.9. The van der Waals surface area contributed by atoms with Crippen molar-refractivity contribution in [2.45, 2.75) is 77.7 Å². The van der Waals surface area contributed by atoms with Crippen molar-refractivity contribution in [3.63, 3.8) is 0 Å². The van der Waals surface area contributed by atoms with Crippen LogP contribution in [0.15, 0.2) is 24.3 Å². The van der Waals surface area contributed by atoms with Crippen LogP contribution in [0, 0.1) is 34.5 Å². The van der Waals surface area contributed by atoms with E-state index < -0.39 is 5.97 Å². The number of carbonyl (C=O) groups excluding carboxylic acids is 2. The molecule has 0 bridgehead atoms. The molecule has 0 radical (unpaired) electrons. The number of ether oxygens (including phenoxy) is 1. The van der Waals surface area contributed by atoms with Crippen molar-refractivity contribution in [3.8, 4) is 5.75 Å². The number of phenols is 1. The molecule has 4 nitrogen and oxygen atoms in total. The van der Waals surface area contributed by atoms with Gasteiger partial charge in [-0.1, -0.05) is 26.0 Å². The zero-order valence-corrected chi connectivity index (χ0v) is 18.2. The van der Waals surface area contributed by atoms with Gasteiger partial charge in [-0.25, -0.2) is 4.79 Å². The molecule has 162 valence electrons. The van der Waals surface area contributed by atoms with Crippen molar-refractivity contribution < 1.29 is 19.4 Å². The summed E-state index contributed by atoms with van der Waals surface area (Å²) >= 11 is 0. The molecule has 0 unspecified atom stereocenters. The molecule has 1 aromatic carbocycles.